The minimum absolute atomic E-state index is 0.266. The van der Waals surface area contributed by atoms with Crippen LogP contribution in [-0.2, 0) is 0 Å². The van der Waals surface area contributed by atoms with Gasteiger partial charge < -0.3 is 9.64 Å². The monoisotopic (exact) mass is 281 g/mol. The van der Waals surface area contributed by atoms with Gasteiger partial charge in [0.2, 0.25) is 0 Å². The van der Waals surface area contributed by atoms with Gasteiger partial charge in [0, 0.05) is 6.04 Å². The van der Waals surface area contributed by atoms with Crippen molar-refractivity contribution in [1.82, 2.24) is 4.90 Å². The van der Waals surface area contributed by atoms with E-state index in [1.807, 2.05) is 64.4 Å². The van der Waals surface area contributed by atoms with E-state index >= 15 is 0 Å². The molecule has 3 nitrogen and oxygen atoms in total. The Morgan fingerprint density at radius 3 is 2.52 bits per heavy atom. The maximum Gasteiger partial charge on any atom is 0.342 e. The second-order valence-electron chi connectivity index (χ2n) is 5.42. The van der Waals surface area contributed by atoms with Gasteiger partial charge in [-0.1, -0.05) is 35.8 Å². The average Bonchev–Trinajstić information content (AvgIpc) is 2.47. The molecule has 21 heavy (non-hydrogen) atoms. The molecule has 0 radical (unpaired) electrons. The van der Waals surface area contributed by atoms with Gasteiger partial charge in [-0.15, -0.1) is 0 Å². The van der Waals surface area contributed by atoms with Gasteiger partial charge >= 0.3 is 5.97 Å². The quantitative estimate of drug-likeness (QED) is 0.486. The number of benzene rings is 2. The number of carbonyl (C=O) groups is 1. The average molecular weight is 281 g/mol. The van der Waals surface area contributed by atoms with Crippen LogP contribution in [0.25, 0.3) is 0 Å². The highest BCUT2D eigenvalue weighted by Gasteiger charge is 2.13. The van der Waals surface area contributed by atoms with E-state index in [1.165, 1.54) is 0 Å². The standard InChI is InChI=1S/C17H20BNO2/c1-12(19(2)3)13-7-6-8-14(11-13)21-17(20)15-9-4-5-10-16(15)18/h4-12H,18H2,1-3H3. The summed E-state index contributed by atoms with van der Waals surface area (Å²) in [5.74, 6) is 0.261. The van der Waals surface area contributed by atoms with Crippen LogP contribution < -0.4 is 10.2 Å². The lowest BCUT2D eigenvalue weighted by atomic mass is 9.91. The molecule has 0 amide bonds. The second-order valence-corrected chi connectivity index (χ2v) is 5.42. The molecular weight excluding hydrogens is 261 g/mol. The van der Waals surface area contributed by atoms with Gasteiger partial charge in [0.05, 0.1) is 5.56 Å². The van der Waals surface area contributed by atoms with Crippen molar-refractivity contribution in [3.05, 3.63) is 59.7 Å². The number of nitrogens with zero attached hydrogens (tertiary/aromatic N) is 1. The second kappa shape index (κ2) is 6.59. The fraction of sp³-hybridized carbons (Fsp3) is 0.235. The van der Waals surface area contributed by atoms with Crippen LogP contribution in [0.2, 0.25) is 0 Å². The zero-order valence-corrected chi connectivity index (χ0v) is 13.0. The van der Waals surface area contributed by atoms with Crippen LogP contribution >= 0.6 is 0 Å². The van der Waals surface area contributed by atoms with Crippen LogP contribution in [0.15, 0.2) is 48.5 Å². The molecule has 0 spiro atoms. The molecular formula is C17H20BNO2. The normalized spacial score (nSPS) is 12.2. The van der Waals surface area contributed by atoms with Crippen LogP contribution in [0, 0.1) is 0 Å². The lowest BCUT2D eigenvalue weighted by molar-refractivity contribution is 0.0736. The first kappa shape index (κ1) is 15.3. The molecule has 2 aromatic carbocycles. The molecule has 0 aliphatic heterocycles. The summed E-state index contributed by atoms with van der Waals surface area (Å²) in [6.45, 7) is 2.11. The first-order valence-electron chi connectivity index (χ1n) is 7.03. The van der Waals surface area contributed by atoms with Gasteiger partial charge in [0.25, 0.3) is 0 Å². The molecule has 0 aromatic heterocycles. The number of rotatable bonds is 4. The summed E-state index contributed by atoms with van der Waals surface area (Å²) in [5.41, 5.74) is 2.64. The van der Waals surface area contributed by atoms with Crippen molar-refractivity contribution in [3.63, 3.8) is 0 Å². The van der Waals surface area contributed by atoms with Crippen LogP contribution in [0.5, 0.6) is 5.75 Å². The molecule has 2 rings (SSSR count). The first-order chi connectivity index (χ1) is 9.99. The van der Waals surface area contributed by atoms with Crippen molar-refractivity contribution < 1.29 is 9.53 Å². The Labute approximate surface area is 126 Å². The summed E-state index contributed by atoms with van der Waals surface area (Å²) in [6.07, 6.45) is 0. The van der Waals surface area contributed by atoms with Gasteiger partial charge in [0.1, 0.15) is 13.6 Å². The Balaban J connectivity index is 2.19. The first-order valence-corrected chi connectivity index (χ1v) is 7.03. The lowest BCUT2D eigenvalue weighted by Gasteiger charge is -2.20. The minimum atomic E-state index is -0.317. The van der Waals surface area contributed by atoms with Crippen molar-refractivity contribution in [2.45, 2.75) is 13.0 Å². The van der Waals surface area contributed by atoms with E-state index in [4.69, 9.17) is 4.74 Å². The summed E-state index contributed by atoms with van der Waals surface area (Å²) in [4.78, 5) is 14.3. The number of esters is 1. The summed E-state index contributed by atoms with van der Waals surface area (Å²) >= 11 is 0. The van der Waals surface area contributed by atoms with Gasteiger partial charge in [-0.3, -0.25) is 0 Å². The van der Waals surface area contributed by atoms with E-state index in [0.717, 1.165) is 11.0 Å². The Kier molecular flexibility index (Phi) is 4.81. The Morgan fingerprint density at radius 1 is 1.14 bits per heavy atom. The fourth-order valence-electron chi connectivity index (χ4n) is 2.10. The van der Waals surface area contributed by atoms with Crippen molar-refractivity contribution in [1.29, 1.82) is 0 Å². The molecule has 4 heteroatoms. The maximum absolute atomic E-state index is 12.2. The largest absolute Gasteiger partial charge is 0.423 e. The molecule has 1 atom stereocenters. The summed E-state index contributed by atoms with van der Waals surface area (Å²) in [7, 11) is 5.95. The van der Waals surface area contributed by atoms with Crippen LogP contribution in [0.3, 0.4) is 0 Å². The van der Waals surface area contributed by atoms with Crippen molar-refractivity contribution >= 4 is 19.3 Å². The molecule has 0 N–H and O–H groups in total. The lowest BCUT2D eigenvalue weighted by Crippen LogP contribution is -2.20. The number of carbonyl (C=O) groups excluding carboxylic acids is 1. The SMILES string of the molecule is Bc1ccccc1C(=O)Oc1cccc(C(C)N(C)C)c1. The molecule has 2 aromatic rings. The van der Waals surface area contributed by atoms with Crippen LogP contribution in [-0.4, -0.2) is 32.8 Å². The zero-order chi connectivity index (χ0) is 15.4. The highest BCUT2D eigenvalue weighted by atomic mass is 16.5. The van der Waals surface area contributed by atoms with Gasteiger partial charge in [-0.25, -0.2) is 4.79 Å². The predicted octanol–water partition coefficient (Wildman–Crippen LogP) is 1.79. The van der Waals surface area contributed by atoms with E-state index in [-0.39, 0.29) is 12.0 Å². The van der Waals surface area contributed by atoms with Crippen molar-refractivity contribution in [2.24, 2.45) is 0 Å². The van der Waals surface area contributed by atoms with E-state index in [0.29, 0.717) is 11.3 Å². The van der Waals surface area contributed by atoms with Gasteiger partial charge in [-0.05, 0) is 44.8 Å². The molecule has 1 unspecified atom stereocenters. The topological polar surface area (TPSA) is 29.5 Å². The van der Waals surface area contributed by atoms with E-state index in [1.54, 1.807) is 6.07 Å². The third-order valence-electron chi connectivity index (χ3n) is 3.69. The molecule has 0 aliphatic rings. The van der Waals surface area contributed by atoms with Crippen LogP contribution in [0.4, 0.5) is 0 Å². The Morgan fingerprint density at radius 2 is 1.86 bits per heavy atom. The third kappa shape index (κ3) is 3.73. The Bertz CT molecular complexity index is 640. The Hall–Kier alpha value is -2.07. The molecule has 0 aliphatic carbocycles. The zero-order valence-electron chi connectivity index (χ0n) is 13.0. The molecule has 0 bridgehead atoms. The van der Waals surface area contributed by atoms with E-state index < -0.39 is 0 Å². The van der Waals surface area contributed by atoms with Crippen molar-refractivity contribution in [3.8, 4) is 5.75 Å². The van der Waals surface area contributed by atoms with E-state index in [9.17, 15) is 4.79 Å². The van der Waals surface area contributed by atoms with E-state index in [2.05, 4.69) is 11.8 Å². The number of hydrogen-bond donors (Lipinski definition) is 0. The number of ether oxygens (including phenoxy) is 1. The summed E-state index contributed by atoms with van der Waals surface area (Å²) < 4.78 is 5.49. The fourth-order valence-corrected chi connectivity index (χ4v) is 2.10. The molecule has 0 heterocycles. The minimum Gasteiger partial charge on any atom is -0.423 e. The van der Waals surface area contributed by atoms with Crippen molar-refractivity contribution in [2.75, 3.05) is 14.1 Å². The molecule has 0 fully saturated rings. The predicted molar refractivity (Wildman–Crippen MR) is 88.1 cm³/mol. The molecule has 108 valence electrons. The van der Waals surface area contributed by atoms with Crippen LogP contribution in [0.1, 0.15) is 28.9 Å². The maximum atomic E-state index is 12.2. The smallest absolute Gasteiger partial charge is 0.342 e. The third-order valence-corrected chi connectivity index (χ3v) is 3.69. The molecule has 0 saturated heterocycles. The molecule has 0 saturated carbocycles. The highest BCUT2D eigenvalue weighted by molar-refractivity contribution is 6.36. The summed E-state index contributed by atoms with van der Waals surface area (Å²) in [6, 6.07) is 15.4. The number of hydrogen-bond acceptors (Lipinski definition) is 3. The van der Waals surface area contributed by atoms with Gasteiger partial charge in [0.15, 0.2) is 0 Å². The summed E-state index contributed by atoms with van der Waals surface area (Å²) in [5, 5.41) is 0. The highest BCUT2D eigenvalue weighted by Crippen LogP contribution is 2.22. The van der Waals surface area contributed by atoms with Gasteiger partial charge in [-0.2, -0.15) is 0 Å².